The van der Waals surface area contributed by atoms with Crippen molar-refractivity contribution in [1.29, 1.82) is 0 Å². The fraction of sp³-hybridized carbons (Fsp3) is 0.174. The van der Waals surface area contributed by atoms with Crippen molar-refractivity contribution in [3.8, 4) is 11.4 Å². The zero-order chi connectivity index (χ0) is 20.4. The molecule has 0 aliphatic carbocycles. The number of amides is 1. The molecule has 7 heteroatoms. The van der Waals surface area contributed by atoms with Gasteiger partial charge in [0.05, 0.1) is 0 Å². The first-order valence-corrected chi connectivity index (χ1v) is 9.33. The van der Waals surface area contributed by atoms with Crippen molar-refractivity contribution < 1.29 is 25.9 Å². The number of carbonyl (C=O) groups excluding carboxylic acids is 1. The Kier molecular flexibility index (Phi) is 6.37. The van der Waals surface area contributed by atoms with Crippen molar-refractivity contribution in [3.63, 3.8) is 0 Å². The molecule has 2 heterocycles. The van der Waals surface area contributed by atoms with Gasteiger partial charge in [0.1, 0.15) is 0 Å². The first kappa shape index (κ1) is 21.7. The number of benzene rings is 2. The van der Waals surface area contributed by atoms with Gasteiger partial charge in [-0.05, 0) is 23.5 Å². The standard InChI is InChI=1S/C23H21N5O.Pt/c1-23(2,3)22(29)28(20-10-4-8-18(16-20)26-14-6-12-24-26)21-11-5-9-19(17-21)27-15-7-13-25-27;/h4-15H,1-3H3;/q-2;+2. The van der Waals surface area contributed by atoms with Crippen LogP contribution in [0.2, 0.25) is 0 Å². The van der Waals surface area contributed by atoms with Crippen LogP contribution >= 0.6 is 0 Å². The smallest absolute Gasteiger partial charge is 0.329 e. The summed E-state index contributed by atoms with van der Waals surface area (Å²) >= 11 is 0. The summed E-state index contributed by atoms with van der Waals surface area (Å²) in [4.78, 5) is 15.1. The van der Waals surface area contributed by atoms with Crippen LogP contribution in [0, 0.1) is 17.5 Å². The molecule has 0 saturated heterocycles. The minimum Gasteiger partial charge on any atom is -0.329 e. The second-order valence-electron chi connectivity index (χ2n) is 7.63. The predicted molar refractivity (Wildman–Crippen MR) is 111 cm³/mol. The Morgan fingerprint density at radius 3 is 1.67 bits per heavy atom. The molecule has 0 aliphatic heterocycles. The van der Waals surface area contributed by atoms with Gasteiger partial charge in [-0.15, -0.1) is 36.4 Å². The molecular formula is C23H21N5OPt. The van der Waals surface area contributed by atoms with Crippen LogP contribution < -0.4 is 4.90 Å². The van der Waals surface area contributed by atoms with Gasteiger partial charge in [-0.3, -0.25) is 14.2 Å². The van der Waals surface area contributed by atoms with Crippen molar-refractivity contribution in [3.05, 3.63) is 85.5 Å². The molecule has 30 heavy (non-hydrogen) atoms. The van der Waals surface area contributed by atoms with Crippen LogP contribution in [0.4, 0.5) is 11.4 Å². The van der Waals surface area contributed by atoms with E-state index in [1.807, 2.05) is 81.7 Å². The summed E-state index contributed by atoms with van der Waals surface area (Å²) in [6, 6.07) is 21.6. The zero-order valence-electron chi connectivity index (χ0n) is 16.9. The van der Waals surface area contributed by atoms with Gasteiger partial charge in [-0.25, -0.2) is 0 Å². The molecule has 154 valence electrons. The molecule has 0 atom stereocenters. The van der Waals surface area contributed by atoms with Crippen molar-refractivity contribution >= 4 is 17.3 Å². The molecule has 2 aromatic carbocycles. The van der Waals surface area contributed by atoms with Crippen molar-refractivity contribution in [2.75, 3.05) is 4.90 Å². The average molecular weight is 579 g/mol. The van der Waals surface area contributed by atoms with Crippen LogP contribution in [0.5, 0.6) is 0 Å². The Balaban J connectivity index is 0.00000256. The van der Waals surface area contributed by atoms with Gasteiger partial charge in [0.25, 0.3) is 0 Å². The number of rotatable bonds is 4. The topological polar surface area (TPSA) is 56.0 Å². The van der Waals surface area contributed by atoms with Crippen LogP contribution in [0.3, 0.4) is 0 Å². The van der Waals surface area contributed by atoms with Crippen LogP contribution in [0.25, 0.3) is 11.4 Å². The molecule has 4 rings (SSSR count). The molecule has 0 saturated carbocycles. The van der Waals surface area contributed by atoms with E-state index in [2.05, 4.69) is 22.3 Å². The van der Waals surface area contributed by atoms with Gasteiger partial charge in [-0.2, -0.15) is 22.3 Å². The van der Waals surface area contributed by atoms with Crippen LogP contribution in [0.15, 0.2) is 73.3 Å². The van der Waals surface area contributed by atoms with E-state index in [-0.39, 0.29) is 27.0 Å². The largest absolute Gasteiger partial charge is 2.00 e. The molecule has 0 unspecified atom stereocenters. The van der Waals surface area contributed by atoms with Gasteiger partial charge in [-0.1, -0.05) is 32.1 Å². The number of carbonyl (C=O) groups is 1. The summed E-state index contributed by atoms with van der Waals surface area (Å²) in [6.45, 7) is 5.70. The molecule has 1 amide bonds. The van der Waals surface area contributed by atoms with E-state index >= 15 is 0 Å². The number of hydrogen-bond donors (Lipinski definition) is 0. The minimum absolute atomic E-state index is 0. The SMILES string of the molecule is CC(C)(C)C(=O)N(c1[c-]c(-n2cccn2)ccc1)c1[c-]c(-n2cccn2)ccc1.[Pt+2]. The van der Waals surface area contributed by atoms with Crippen LogP contribution in [-0.2, 0) is 25.9 Å². The van der Waals surface area contributed by atoms with E-state index < -0.39 is 5.41 Å². The minimum atomic E-state index is -0.592. The number of nitrogens with zero attached hydrogens (tertiary/aromatic N) is 5. The summed E-state index contributed by atoms with van der Waals surface area (Å²) in [5, 5.41) is 8.53. The van der Waals surface area contributed by atoms with Gasteiger partial charge >= 0.3 is 21.1 Å². The Bertz CT molecular complexity index is 1040. The van der Waals surface area contributed by atoms with Crippen molar-refractivity contribution in [2.24, 2.45) is 5.41 Å². The molecule has 0 spiro atoms. The van der Waals surface area contributed by atoms with E-state index in [1.165, 1.54) is 0 Å². The molecule has 0 N–H and O–H groups in total. The van der Waals surface area contributed by atoms with E-state index in [4.69, 9.17) is 0 Å². The van der Waals surface area contributed by atoms with E-state index in [0.29, 0.717) is 11.4 Å². The molecule has 6 nitrogen and oxygen atoms in total. The predicted octanol–water partition coefficient (Wildman–Crippen LogP) is 4.37. The molecular weight excluding hydrogens is 557 g/mol. The molecule has 4 aromatic rings. The van der Waals surface area contributed by atoms with Gasteiger partial charge in [0.15, 0.2) is 0 Å². The molecule has 2 aromatic heterocycles. The second-order valence-corrected chi connectivity index (χ2v) is 7.63. The summed E-state index contributed by atoms with van der Waals surface area (Å²) in [6.07, 6.45) is 7.10. The fourth-order valence-corrected chi connectivity index (χ4v) is 2.92. The summed E-state index contributed by atoms with van der Waals surface area (Å²) in [5.41, 5.74) is 2.17. The molecule has 0 radical (unpaired) electrons. The molecule has 0 aliphatic rings. The van der Waals surface area contributed by atoms with Gasteiger partial charge in [0, 0.05) is 30.2 Å². The Hall–Kier alpha value is -2.98. The van der Waals surface area contributed by atoms with Crippen LogP contribution in [-0.4, -0.2) is 25.5 Å². The third-order valence-corrected chi connectivity index (χ3v) is 4.36. The summed E-state index contributed by atoms with van der Waals surface area (Å²) in [5.74, 6) is -0.0553. The van der Waals surface area contributed by atoms with E-state index in [0.717, 1.165) is 11.4 Å². The maximum absolute atomic E-state index is 13.4. The fourth-order valence-electron chi connectivity index (χ4n) is 2.92. The number of aromatic nitrogens is 4. The summed E-state index contributed by atoms with van der Waals surface area (Å²) < 4.78 is 3.43. The van der Waals surface area contributed by atoms with E-state index in [9.17, 15) is 4.79 Å². The first-order valence-electron chi connectivity index (χ1n) is 9.33. The Labute approximate surface area is 190 Å². The maximum atomic E-state index is 13.4. The normalized spacial score (nSPS) is 11.0. The quantitative estimate of drug-likeness (QED) is 0.338. The molecule has 0 bridgehead atoms. The second kappa shape index (κ2) is 8.80. The Morgan fingerprint density at radius 1 is 0.833 bits per heavy atom. The Morgan fingerprint density at radius 2 is 1.30 bits per heavy atom. The van der Waals surface area contributed by atoms with Crippen LogP contribution in [0.1, 0.15) is 20.8 Å². The maximum Gasteiger partial charge on any atom is 2.00 e. The summed E-state index contributed by atoms with van der Waals surface area (Å²) in [7, 11) is 0. The number of anilines is 2. The first-order chi connectivity index (χ1) is 13.9. The third kappa shape index (κ3) is 4.44. The van der Waals surface area contributed by atoms with Crippen molar-refractivity contribution in [1.82, 2.24) is 19.6 Å². The zero-order valence-corrected chi connectivity index (χ0v) is 19.2. The average Bonchev–Trinajstić information content (AvgIpc) is 3.42. The van der Waals surface area contributed by atoms with Crippen molar-refractivity contribution in [2.45, 2.75) is 20.8 Å². The van der Waals surface area contributed by atoms with E-state index in [1.54, 1.807) is 26.7 Å². The molecule has 0 fully saturated rings. The number of hydrogen-bond acceptors (Lipinski definition) is 3. The monoisotopic (exact) mass is 578 g/mol. The third-order valence-electron chi connectivity index (χ3n) is 4.36. The van der Waals surface area contributed by atoms with Gasteiger partial charge < -0.3 is 4.90 Å². The van der Waals surface area contributed by atoms with Gasteiger partial charge in [0.2, 0.25) is 5.91 Å².